The second-order valence-corrected chi connectivity index (χ2v) is 9.81. The molecule has 1 heterocycles. The van der Waals surface area contributed by atoms with Crippen molar-refractivity contribution in [3.63, 3.8) is 0 Å². The lowest BCUT2D eigenvalue weighted by Gasteiger charge is -2.43. The lowest BCUT2D eigenvalue weighted by Crippen LogP contribution is -2.43. The van der Waals surface area contributed by atoms with Gasteiger partial charge in [0.25, 0.3) is 0 Å². The summed E-state index contributed by atoms with van der Waals surface area (Å²) < 4.78 is 5.42. The van der Waals surface area contributed by atoms with Crippen molar-refractivity contribution in [2.24, 2.45) is 0 Å². The van der Waals surface area contributed by atoms with E-state index in [0.717, 1.165) is 67.8 Å². The number of nitrogens with zero attached hydrogens (tertiary/aromatic N) is 2. The molecular formula is C27H35N3O2. The van der Waals surface area contributed by atoms with E-state index in [4.69, 9.17) is 9.72 Å². The lowest BCUT2D eigenvalue weighted by molar-refractivity contribution is -0.0194. The number of rotatable bonds is 8. The monoisotopic (exact) mass is 433 g/mol. The molecule has 3 atom stereocenters. The Kier molecular flexibility index (Phi) is 5.95. The Balaban J connectivity index is 1.17. The molecule has 6 rings (SSSR count). The molecule has 0 spiro atoms. The third kappa shape index (κ3) is 4.04. The molecule has 5 nitrogen and oxygen atoms in total. The number of benzene rings is 2. The summed E-state index contributed by atoms with van der Waals surface area (Å²) in [4.78, 5) is 10.5. The smallest absolute Gasteiger partial charge is 0.146 e. The molecule has 2 N–H and O–H groups in total. The quantitative estimate of drug-likeness (QED) is 0.524. The zero-order valence-corrected chi connectivity index (χ0v) is 19.3. The Labute approximate surface area is 190 Å². The SMILES string of the molecule is COc1cccc2[nH]c(CCCN(C)CC[C@@]3(O)CC4CCCC3c3ccccc34)nc12. The summed E-state index contributed by atoms with van der Waals surface area (Å²) >= 11 is 0. The minimum Gasteiger partial charge on any atom is -0.494 e. The number of H-pyrrole nitrogens is 1. The number of hydrogen-bond acceptors (Lipinski definition) is 4. The van der Waals surface area contributed by atoms with Gasteiger partial charge in [-0.3, -0.25) is 0 Å². The lowest BCUT2D eigenvalue weighted by atomic mass is 9.67. The number of aryl methyl sites for hydroxylation is 1. The molecule has 32 heavy (non-hydrogen) atoms. The summed E-state index contributed by atoms with van der Waals surface area (Å²) in [6.45, 7) is 1.92. The van der Waals surface area contributed by atoms with Crippen LogP contribution >= 0.6 is 0 Å². The Morgan fingerprint density at radius 3 is 2.81 bits per heavy atom. The van der Waals surface area contributed by atoms with E-state index in [1.54, 1.807) is 7.11 Å². The van der Waals surface area contributed by atoms with E-state index in [-0.39, 0.29) is 5.92 Å². The van der Waals surface area contributed by atoms with Crippen LogP contribution in [-0.4, -0.2) is 52.8 Å². The highest BCUT2D eigenvalue weighted by atomic mass is 16.5. The van der Waals surface area contributed by atoms with Gasteiger partial charge < -0.3 is 19.7 Å². The van der Waals surface area contributed by atoms with E-state index in [1.807, 2.05) is 18.2 Å². The van der Waals surface area contributed by atoms with Crippen LogP contribution < -0.4 is 4.74 Å². The molecule has 1 aromatic heterocycles. The van der Waals surface area contributed by atoms with Gasteiger partial charge in [0, 0.05) is 18.9 Å². The summed E-state index contributed by atoms with van der Waals surface area (Å²) in [5, 5.41) is 11.7. The second kappa shape index (κ2) is 8.87. The Morgan fingerprint density at radius 1 is 1.12 bits per heavy atom. The number of aromatic amines is 1. The van der Waals surface area contributed by atoms with Gasteiger partial charge in [-0.1, -0.05) is 36.8 Å². The predicted octanol–water partition coefficient (Wildman–Crippen LogP) is 5.01. The molecule has 2 unspecified atom stereocenters. The molecular weight excluding hydrogens is 398 g/mol. The van der Waals surface area contributed by atoms with Crippen LogP contribution in [0.4, 0.5) is 0 Å². The van der Waals surface area contributed by atoms with E-state index >= 15 is 0 Å². The molecule has 2 bridgehead atoms. The number of hydrogen-bond donors (Lipinski definition) is 2. The number of methoxy groups -OCH3 is 1. The highest BCUT2D eigenvalue weighted by Gasteiger charge is 2.46. The summed E-state index contributed by atoms with van der Waals surface area (Å²) in [6.07, 6.45) is 7.27. The fraction of sp³-hybridized carbons (Fsp3) is 0.519. The van der Waals surface area contributed by atoms with Crippen LogP contribution in [0.5, 0.6) is 5.75 Å². The zero-order valence-electron chi connectivity index (χ0n) is 19.3. The molecule has 3 aliphatic carbocycles. The standard InChI is InChI=1S/C27H35N3O2/c1-30(16-7-14-25-28-23-12-6-13-24(32-2)26(23)29-25)17-15-27(31)18-19-8-5-11-22(27)21-10-4-3-9-20(19)21/h3-4,6,9-10,12-13,19,22,31H,5,7-8,11,14-18H2,1-2H3,(H,28,29)/t19?,22?,27-/m1/s1. The third-order valence-electron chi connectivity index (χ3n) is 7.73. The maximum Gasteiger partial charge on any atom is 0.146 e. The Morgan fingerprint density at radius 2 is 1.97 bits per heavy atom. The molecule has 0 radical (unpaired) electrons. The number of fused-ring (bicyclic) bond motifs is 4. The van der Waals surface area contributed by atoms with Gasteiger partial charge in [-0.25, -0.2) is 4.98 Å². The number of aliphatic hydroxyl groups is 1. The number of aromatic nitrogens is 2. The number of imidazole rings is 1. The maximum absolute atomic E-state index is 11.7. The van der Waals surface area contributed by atoms with Crippen LogP contribution in [0.25, 0.3) is 11.0 Å². The molecule has 0 aliphatic heterocycles. The molecule has 170 valence electrons. The third-order valence-corrected chi connectivity index (χ3v) is 7.73. The van der Waals surface area contributed by atoms with Crippen molar-refractivity contribution >= 4 is 11.0 Å². The van der Waals surface area contributed by atoms with Crippen LogP contribution in [0.2, 0.25) is 0 Å². The van der Waals surface area contributed by atoms with Gasteiger partial charge in [0.2, 0.25) is 0 Å². The molecule has 3 aromatic rings. The average molecular weight is 434 g/mol. The van der Waals surface area contributed by atoms with Crippen LogP contribution in [-0.2, 0) is 6.42 Å². The second-order valence-electron chi connectivity index (χ2n) is 9.81. The van der Waals surface area contributed by atoms with E-state index < -0.39 is 5.60 Å². The normalized spacial score (nSPS) is 24.6. The van der Waals surface area contributed by atoms with Crippen molar-refractivity contribution in [1.29, 1.82) is 0 Å². The van der Waals surface area contributed by atoms with Crippen LogP contribution in [0, 0.1) is 0 Å². The topological polar surface area (TPSA) is 61.4 Å². The zero-order chi connectivity index (χ0) is 22.1. The van der Waals surface area contributed by atoms with E-state index in [9.17, 15) is 5.11 Å². The summed E-state index contributed by atoms with van der Waals surface area (Å²) in [5.41, 5.74) is 4.27. The van der Waals surface area contributed by atoms with Crippen molar-refractivity contribution < 1.29 is 9.84 Å². The fourth-order valence-electron chi connectivity index (χ4n) is 6.05. The molecule has 5 heteroatoms. The van der Waals surface area contributed by atoms with Gasteiger partial charge in [-0.05, 0) is 74.9 Å². The minimum absolute atomic E-state index is 0.288. The van der Waals surface area contributed by atoms with Gasteiger partial charge in [-0.2, -0.15) is 0 Å². The molecule has 2 aromatic carbocycles. The van der Waals surface area contributed by atoms with E-state index in [0.29, 0.717) is 5.92 Å². The minimum atomic E-state index is -0.570. The first kappa shape index (κ1) is 21.5. The molecule has 1 saturated carbocycles. The van der Waals surface area contributed by atoms with Gasteiger partial charge in [0.05, 0.1) is 18.2 Å². The summed E-state index contributed by atoms with van der Waals surface area (Å²) in [5.74, 6) is 2.63. The largest absolute Gasteiger partial charge is 0.494 e. The molecule has 3 aliphatic rings. The first-order valence-electron chi connectivity index (χ1n) is 12.1. The Bertz CT molecular complexity index is 1080. The van der Waals surface area contributed by atoms with Gasteiger partial charge in [0.15, 0.2) is 0 Å². The highest BCUT2D eigenvalue weighted by Crippen LogP contribution is 2.53. The molecule has 0 saturated heterocycles. The van der Waals surface area contributed by atoms with Crippen molar-refractivity contribution in [2.45, 2.75) is 62.4 Å². The summed E-state index contributed by atoms with van der Waals surface area (Å²) in [7, 11) is 3.86. The van der Waals surface area contributed by atoms with Crippen molar-refractivity contribution in [1.82, 2.24) is 14.9 Å². The van der Waals surface area contributed by atoms with Gasteiger partial charge in [0.1, 0.15) is 17.1 Å². The maximum atomic E-state index is 11.7. The van der Waals surface area contributed by atoms with Crippen molar-refractivity contribution in [3.05, 3.63) is 59.4 Å². The molecule has 1 fully saturated rings. The summed E-state index contributed by atoms with van der Waals surface area (Å²) in [6, 6.07) is 14.8. The number of ether oxygens (including phenoxy) is 1. The molecule has 0 amide bonds. The Hall–Kier alpha value is -2.37. The van der Waals surface area contributed by atoms with E-state index in [2.05, 4.69) is 41.2 Å². The van der Waals surface area contributed by atoms with Crippen molar-refractivity contribution in [2.75, 3.05) is 27.2 Å². The fourth-order valence-corrected chi connectivity index (χ4v) is 6.05. The van der Waals surface area contributed by atoms with Crippen LogP contribution in [0.3, 0.4) is 0 Å². The number of nitrogens with one attached hydrogen (secondary N) is 1. The highest BCUT2D eigenvalue weighted by molar-refractivity contribution is 5.81. The van der Waals surface area contributed by atoms with Crippen LogP contribution in [0.1, 0.15) is 67.3 Å². The van der Waals surface area contributed by atoms with Crippen LogP contribution in [0.15, 0.2) is 42.5 Å². The first-order chi connectivity index (χ1) is 15.6. The predicted molar refractivity (Wildman–Crippen MR) is 128 cm³/mol. The first-order valence-corrected chi connectivity index (χ1v) is 12.1. The van der Waals surface area contributed by atoms with Gasteiger partial charge >= 0.3 is 0 Å². The van der Waals surface area contributed by atoms with Gasteiger partial charge in [-0.15, -0.1) is 0 Å². The van der Waals surface area contributed by atoms with E-state index in [1.165, 1.54) is 24.0 Å². The number of para-hydroxylation sites is 1. The van der Waals surface area contributed by atoms with Crippen molar-refractivity contribution in [3.8, 4) is 5.75 Å². The average Bonchev–Trinajstić information content (AvgIpc) is 3.03.